The Labute approximate surface area is 117 Å². The van der Waals surface area contributed by atoms with E-state index >= 15 is 0 Å². The molecular weight excluding hydrogens is 435 g/mol. The zero-order valence-corrected chi connectivity index (χ0v) is 14.1. The van der Waals surface area contributed by atoms with Crippen molar-refractivity contribution in [1.29, 1.82) is 0 Å². The van der Waals surface area contributed by atoms with Gasteiger partial charge >= 0.3 is 118 Å². The normalized spacial score (nSPS) is 18.6. The average molecular weight is 450 g/mol. The van der Waals surface area contributed by atoms with Crippen molar-refractivity contribution in [3.63, 3.8) is 0 Å². The van der Waals surface area contributed by atoms with E-state index in [4.69, 9.17) is 0 Å². The monoisotopic (exact) mass is 452 g/mol. The molecule has 2 aromatic carbocycles. The molecule has 1 aliphatic rings. The second kappa shape index (κ2) is 4.91. The molecule has 17 heavy (non-hydrogen) atoms. The van der Waals surface area contributed by atoms with Crippen LogP contribution in [0.2, 0.25) is 0 Å². The van der Waals surface area contributed by atoms with Crippen molar-refractivity contribution in [2.45, 2.75) is 13.4 Å². The van der Waals surface area contributed by atoms with Crippen LogP contribution in [0.25, 0.3) is 0 Å². The van der Waals surface area contributed by atoms with Crippen molar-refractivity contribution >= 4 is 32.9 Å². The van der Waals surface area contributed by atoms with Crippen molar-refractivity contribution in [2.24, 2.45) is 0 Å². The molecule has 0 saturated heterocycles. The van der Waals surface area contributed by atoms with E-state index in [1.165, 1.54) is 19.0 Å². The molecule has 3 rings (SSSR count). The Kier molecular flexibility index (Phi) is 3.47. The van der Waals surface area contributed by atoms with Gasteiger partial charge in [-0.2, -0.15) is 0 Å². The number of rotatable bonds is 2. The van der Waals surface area contributed by atoms with Crippen LogP contribution in [-0.2, 0) is 13.4 Å². The quantitative estimate of drug-likeness (QED) is 0.480. The van der Waals surface area contributed by atoms with Crippen LogP contribution in [0.5, 0.6) is 0 Å². The fourth-order valence-electron chi connectivity index (χ4n) is 2.42. The van der Waals surface area contributed by atoms with E-state index in [1.807, 2.05) is 0 Å². The van der Waals surface area contributed by atoms with Gasteiger partial charge in [0.15, 0.2) is 0 Å². The number of fused-ring (bicyclic) bond motifs is 1. The minimum atomic E-state index is -1.73. The molecule has 0 N–H and O–H groups in total. The molecule has 0 aromatic heterocycles. The molecule has 2 aromatic rings. The van der Waals surface area contributed by atoms with Gasteiger partial charge in [0.1, 0.15) is 0 Å². The zero-order chi connectivity index (χ0) is 11.7. The topological polar surface area (TPSA) is 0 Å². The standard InChI is InChI=1S/C15H15ITe/c16-17(10-13-6-2-1-3-7-13)11-14-8-4-5-9-15(14)12-17/h1-9H,10-12H2. The summed E-state index contributed by atoms with van der Waals surface area (Å²) in [5.74, 6) is 0. The summed E-state index contributed by atoms with van der Waals surface area (Å²) in [6, 6.07) is 20.0. The van der Waals surface area contributed by atoms with Crippen LogP contribution in [0, 0.1) is 0 Å². The van der Waals surface area contributed by atoms with E-state index in [2.05, 4.69) is 73.3 Å². The van der Waals surface area contributed by atoms with E-state index in [0.717, 1.165) is 0 Å². The molecule has 2 heteroatoms. The summed E-state index contributed by atoms with van der Waals surface area (Å²) < 4.78 is 4.15. The van der Waals surface area contributed by atoms with Crippen LogP contribution in [0.1, 0.15) is 16.7 Å². The molecule has 88 valence electrons. The van der Waals surface area contributed by atoms with Gasteiger partial charge in [-0.25, -0.2) is 0 Å². The number of hydrogen-bond acceptors (Lipinski definition) is 0. The molecule has 0 atom stereocenters. The molecule has 0 saturated carbocycles. The maximum absolute atomic E-state index is 2.85. The minimum absolute atomic E-state index is 1.36. The number of benzene rings is 2. The first-order valence-corrected chi connectivity index (χ1v) is 17.6. The van der Waals surface area contributed by atoms with Crippen molar-refractivity contribution in [2.75, 3.05) is 0 Å². The summed E-state index contributed by atoms with van der Waals surface area (Å²) in [6.07, 6.45) is 0. The SMILES string of the molecule is I[Te]1(Cc2ccccc2)Cc2ccccc2C1. The van der Waals surface area contributed by atoms with Gasteiger partial charge in [-0.1, -0.05) is 0 Å². The second-order valence-corrected chi connectivity index (χ2v) is 25.0. The summed E-state index contributed by atoms with van der Waals surface area (Å²) >= 11 is 1.13. The summed E-state index contributed by atoms with van der Waals surface area (Å²) in [4.78, 5) is 0. The molecule has 0 amide bonds. The molecule has 1 aliphatic heterocycles. The molecule has 0 aliphatic carbocycles. The van der Waals surface area contributed by atoms with Crippen molar-refractivity contribution in [3.05, 3.63) is 71.3 Å². The van der Waals surface area contributed by atoms with Gasteiger partial charge < -0.3 is 0 Å². The fourth-order valence-corrected chi connectivity index (χ4v) is 17.3. The number of hydrogen-bond donors (Lipinski definition) is 0. The third-order valence-corrected chi connectivity index (χ3v) is 16.6. The third kappa shape index (κ3) is 2.70. The first-order chi connectivity index (χ1) is 8.25. The molecule has 1 heterocycles. The van der Waals surface area contributed by atoms with E-state index < -0.39 is 14.2 Å². The number of halogens is 1. The Morgan fingerprint density at radius 2 is 1.35 bits per heavy atom. The zero-order valence-electron chi connectivity index (χ0n) is 9.60. The first-order valence-electron chi connectivity index (χ1n) is 5.82. The van der Waals surface area contributed by atoms with Gasteiger partial charge in [0.2, 0.25) is 0 Å². The third-order valence-electron chi connectivity index (χ3n) is 3.21. The average Bonchev–Trinajstić information content (AvgIpc) is 2.66. The van der Waals surface area contributed by atoms with E-state index in [-0.39, 0.29) is 0 Å². The predicted molar refractivity (Wildman–Crippen MR) is 83.8 cm³/mol. The van der Waals surface area contributed by atoms with Gasteiger partial charge in [-0.05, 0) is 0 Å². The van der Waals surface area contributed by atoms with Crippen molar-refractivity contribution in [1.82, 2.24) is 0 Å². The predicted octanol–water partition coefficient (Wildman–Crippen LogP) is 4.03. The van der Waals surface area contributed by atoms with E-state index in [0.29, 0.717) is 0 Å². The molecular formula is C15H15ITe. The molecule has 0 nitrogen and oxygen atoms in total. The van der Waals surface area contributed by atoms with Crippen LogP contribution in [-0.4, -0.2) is 14.2 Å². The van der Waals surface area contributed by atoms with Gasteiger partial charge in [-0.3, -0.25) is 0 Å². The van der Waals surface area contributed by atoms with Crippen LogP contribution in [0.15, 0.2) is 54.6 Å². The molecule has 0 radical (unpaired) electrons. The second-order valence-electron chi connectivity index (χ2n) is 4.63. The summed E-state index contributed by atoms with van der Waals surface area (Å²) in [6.45, 7) is 0. The van der Waals surface area contributed by atoms with E-state index in [9.17, 15) is 0 Å². The summed E-state index contributed by atoms with van der Waals surface area (Å²) in [7, 11) is 0. The first kappa shape index (κ1) is 12.0. The van der Waals surface area contributed by atoms with Crippen LogP contribution in [0.4, 0.5) is 0 Å². The van der Waals surface area contributed by atoms with Crippen LogP contribution < -0.4 is 0 Å². The summed E-state index contributed by atoms with van der Waals surface area (Å²) in [5, 5.41) is 0. The van der Waals surface area contributed by atoms with Gasteiger partial charge in [0, 0.05) is 0 Å². The van der Waals surface area contributed by atoms with Crippen LogP contribution in [0.3, 0.4) is 0 Å². The Hall–Kier alpha value is -0.0404. The Balaban J connectivity index is 1.82. The van der Waals surface area contributed by atoms with Crippen molar-refractivity contribution in [3.8, 4) is 0 Å². The van der Waals surface area contributed by atoms with Crippen LogP contribution >= 0.6 is 18.7 Å². The van der Waals surface area contributed by atoms with Gasteiger partial charge in [-0.15, -0.1) is 0 Å². The Morgan fingerprint density at radius 1 is 0.824 bits per heavy atom. The van der Waals surface area contributed by atoms with Gasteiger partial charge in [0.05, 0.1) is 0 Å². The molecule has 0 fully saturated rings. The molecule has 0 spiro atoms. The van der Waals surface area contributed by atoms with Crippen molar-refractivity contribution < 1.29 is 0 Å². The van der Waals surface area contributed by atoms with E-state index in [1.54, 1.807) is 11.1 Å². The fraction of sp³-hybridized carbons (Fsp3) is 0.200. The maximum atomic E-state index is 2.85. The summed E-state index contributed by atoms with van der Waals surface area (Å²) in [5.41, 5.74) is 4.79. The Bertz CT molecular complexity index is 496. The Morgan fingerprint density at radius 3 is 1.94 bits per heavy atom. The molecule has 0 bridgehead atoms. The van der Waals surface area contributed by atoms with Gasteiger partial charge in [0.25, 0.3) is 0 Å². The molecule has 0 unspecified atom stereocenters.